The summed E-state index contributed by atoms with van der Waals surface area (Å²) in [6, 6.07) is 9.33. The van der Waals surface area contributed by atoms with Crippen LogP contribution in [0.3, 0.4) is 0 Å². The zero-order valence-electron chi connectivity index (χ0n) is 11.4. The van der Waals surface area contributed by atoms with Crippen molar-refractivity contribution in [2.75, 3.05) is 13.2 Å². The molecule has 2 aromatic rings. The Morgan fingerprint density at radius 2 is 1.95 bits per heavy atom. The lowest BCUT2D eigenvalue weighted by Gasteiger charge is -2.07. The second kappa shape index (κ2) is 8.05. The molecule has 4 nitrogen and oxygen atoms in total. The monoisotopic (exact) mass is 386 g/mol. The number of ketones is 1. The quantitative estimate of drug-likeness (QED) is 0.535. The van der Waals surface area contributed by atoms with Gasteiger partial charge in [-0.05, 0) is 40.2 Å². The van der Waals surface area contributed by atoms with Gasteiger partial charge in [0.05, 0.1) is 21.7 Å². The van der Waals surface area contributed by atoms with E-state index >= 15 is 0 Å². The summed E-state index contributed by atoms with van der Waals surface area (Å²) >= 11 is 4.53. The van der Waals surface area contributed by atoms with Crippen LogP contribution in [-0.4, -0.2) is 25.0 Å². The van der Waals surface area contributed by atoms with E-state index in [-0.39, 0.29) is 31.2 Å². The van der Waals surface area contributed by atoms with Crippen molar-refractivity contribution in [3.05, 3.63) is 50.9 Å². The number of benzene rings is 1. The molecule has 22 heavy (non-hydrogen) atoms. The SMILES string of the molecule is O=C(CCOc1ccccc1F)OCC(=O)c1ccc(Br)s1. The maximum atomic E-state index is 13.3. The van der Waals surface area contributed by atoms with Gasteiger partial charge >= 0.3 is 5.97 Å². The molecular formula is C15H12BrFO4S. The van der Waals surface area contributed by atoms with Crippen molar-refractivity contribution >= 4 is 39.0 Å². The van der Waals surface area contributed by atoms with E-state index in [0.717, 1.165) is 3.79 Å². The maximum absolute atomic E-state index is 13.3. The highest BCUT2D eigenvalue weighted by Crippen LogP contribution is 2.22. The number of Topliss-reactive ketones (excluding diaryl/α,β-unsaturated/α-hetero) is 1. The number of ether oxygens (including phenoxy) is 2. The summed E-state index contributed by atoms with van der Waals surface area (Å²) in [5.74, 6) is -1.25. The first-order valence-electron chi connectivity index (χ1n) is 6.38. The Balaban J connectivity index is 1.70. The largest absolute Gasteiger partial charge is 0.490 e. The summed E-state index contributed by atoms with van der Waals surface area (Å²) in [4.78, 5) is 23.8. The first-order chi connectivity index (χ1) is 10.6. The van der Waals surface area contributed by atoms with Gasteiger partial charge in [0.2, 0.25) is 5.78 Å². The van der Waals surface area contributed by atoms with Gasteiger partial charge in [-0.2, -0.15) is 0 Å². The Bertz CT molecular complexity index is 671. The van der Waals surface area contributed by atoms with Gasteiger partial charge in [0.1, 0.15) is 0 Å². The lowest BCUT2D eigenvalue weighted by Crippen LogP contribution is -2.15. The zero-order chi connectivity index (χ0) is 15.9. The van der Waals surface area contributed by atoms with Crippen LogP contribution in [-0.2, 0) is 9.53 Å². The molecule has 116 valence electrons. The molecule has 0 radical (unpaired) electrons. The Hall–Kier alpha value is -1.73. The summed E-state index contributed by atoms with van der Waals surface area (Å²) in [5.41, 5.74) is 0. The average Bonchev–Trinajstić information content (AvgIpc) is 2.93. The summed E-state index contributed by atoms with van der Waals surface area (Å²) in [7, 11) is 0. The van der Waals surface area contributed by atoms with Crippen molar-refractivity contribution in [2.45, 2.75) is 6.42 Å². The highest BCUT2D eigenvalue weighted by molar-refractivity contribution is 9.11. The number of hydrogen-bond donors (Lipinski definition) is 0. The molecule has 1 aromatic carbocycles. The number of hydrogen-bond acceptors (Lipinski definition) is 5. The maximum Gasteiger partial charge on any atom is 0.309 e. The van der Waals surface area contributed by atoms with E-state index in [2.05, 4.69) is 15.9 Å². The lowest BCUT2D eigenvalue weighted by atomic mass is 10.3. The number of halogens is 2. The minimum atomic E-state index is -0.569. The van der Waals surface area contributed by atoms with Gasteiger partial charge in [0.25, 0.3) is 0 Å². The molecule has 0 saturated carbocycles. The summed E-state index contributed by atoms with van der Waals surface area (Å²) in [6.07, 6.45) is -0.0598. The van der Waals surface area contributed by atoms with Gasteiger partial charge in [0.15, 0.2) is 18.2 Å². The van der Waals surface area contributed by atoms with E-state index < -0.39 is 11.8 Å². The first kappa shape index (κ1) is 16.6. The zero-order valence-corrected chi connectivity index (χ0v) is 13.8. The van der Waals surface area contributed by atoms with Crippen LogP contribution < -0.4 is 4.74 Å². The molecule has 0 aliphatic heterocycles. The smallest absolute Gasteiger partial charge is 0.309 e. The van der Waals surface area contributed by atoms with Crippen LogP contribution >= 0.6 is 27.3 Å². The molecule has 0 amide bonds. The summed E-state index contributed by atoms with van der Waals surface area (Å²) in [6.45, 7) is -0.329. The van der Waals surface area contributed by atoms with Crippen LogP contribution in [0.15, 0.2) is 40.2 Å². The highest BCUT2D eigenvalue weighted by atomic mass is 79.9. The Morgan fingerprint density at radius 1 is 1.18 bits per heavy atom. The van der Waals surface area contributed by atoms with Gasteiger partial charge in [-0.15, -0.1) is 11.3 Å². The molecule has 7 heteroatoms. The molecule has 2 rings (SSSR count). The van der Waals surface area contributed by atoms with Crippen LogP contribution in [0.1, 0.15) is 16.1 Å². The van der Waals surface area contributed by atoms with Crippen molar-refractivity contribution in [2.24, 2.45) is 0 Å². The third kappa shape index (κ3) is 4.92. The molecular weight excluding hydrogens is 375 g/mol. The summed E-state index contributed by atoms with van der Waals surface area (Å²) in [5, 5.41) is 0. The van der Waals surface area contributed by atoms with E-state index in [1.165, 1.54) is 23.5 Å². The number of esters is 1. The standard InChI is InChI=1S/C15H12BrFO4S/c16-14-6-5-13(22-14)11(18)9-21-15(19)7-8-20-12-4-2-1-3-10(12)17/h1-6H,7-9H2. The molecule has 0 spiro atoms. The molecule has 0 unspecified atom stereocenters. The third-order valence-electron chi connectivity index (χ3n) is 2.61. The second-order valence-corrected chi connectivity index (χ2v) is 6.68. The molecule has 0 bridgehead atoms. The third-order valence-corrected chi connectivity index (χ3v) is 4.28. The fourth-order valence-electron chi connectivity index (χ4n) is 1.56. The van der Waals surface area contributed by atoms with E-state index in [9.17, 15) is 14.0 Å². The van der Waals surface area contributed by atoms with Crippen LogP contribution in [0, 0.1) is 5.82 Å². The molecule has 0 aliphatic rings. The fourth-order valence-corrected chi connectivity index (χ4v) is 2.87. The van der Waals surface area contributed by atoms with Crippen LogP contribution in [0.25, 0.3) is 0 Å². The van der Waals surface area contributed by atoms with E-state index in [1.807, 2.05) is 0 Å². The molecule has 0 aliphatic carbocycles. The summed E-state index contributed by atoms with van der Waals surface area (Å²) < 4.78 is 24.1. The Labute approximate surface area is 139 Å². The number of para-hydroxylation sites is 1. The Kier molecular flexibility index (Phi) is 6.09. The highest BCUT2D eigenvalue weighted by Gasteiger charge is 2.12. The van der Waals surface area contributed by atoms with E-state index in [4.69, 9.17) is 9.47 Å². The minimum Gasteiger partial charge on any atom is -0.490 e. The lowest BCUT2D eigenvalue weighted by molar-refractivity contribution is -0.143. The minimum absolute atomic E-state index is 0.0154. The van der Waals surface area contributed by atoms with Crippen LogP contribution in [0.4, 0.5) is 4.39 Å². The predicted octanol–water partition coefficient (Wildman–Crippen LogP) is 3.84. The first-order valence-corrected chi connectivity index (χ1v) is 7.98. The fraction of sp³-hybridized carbons (Fsp3) is 0.200. The van der Waals surface area contributed by atoms with Crippen molar-refractivity contribution in [3.8, 4) is 5.75 Å². The van der Waals surface area contributed by atoms with Crippen LogP contribution in [0.5, 0.6) is 5.75 Å². The topological polar surface area (TPSA) is 52.6 Å². The van der Waals surface area contributed by atoms with E-state index in [0.29, 0.717) is 4.88 Å². The number of carbonyl (C=O) groups excluding carboxylic acids is 2. The van der Waals surface area contributed by atoms with Gasteiger partial charge in [-0.1, -0.05) is 12.1 Å². The molecule has 0 saturated heterocycles. The van der Waals surface area contributed by atoms with Crippen LogP contribution in [0.2, 0.25) is 0 Å². The molecule has 1 heterocycles. The van der Waals surface area contributed by atoms with Gasteiger partial charge in [-0.3, -0.25) is 9.59 Å². The number of carbonyl (C=O) groups is 2. The van der Waals surface area contributed by atoms with Gasteiger partial charge in [-0.25, -0.2) is 4.39 Å². The van der Waals surface area contributed by atoms with Crippen molar-refractivity contribution in [1.82, 2.24) is 0 Å². The normalized spacial score (nSPS) is 10.3. The van der Waals surface area contributed by atoms with Crippen molar-refractivity contribution in [1.29, 1.82) is 0 Å². The van der Waals surface area contributed by atoms with E-state index in [1.54, 1.807) is 24.3 Å². The Morgan fingerprint density at radius 3 is 2.64 bits per heavy atom. The second-order valence-electron chi connectivity index (χ2n) is 4.22. The molecule has 0 N–H and O–H groups in total. The van der Waals surface area contributed by atoms with Gasteiger partial charge < -0.3 is 9.47 Å². The molecule has 0 fully saturated rings. The van der Waals surface area contributed by atoms with Crippen molar-refractivity contribution < 1.29 is 23.5 Å². The number of thiophene rings is 1. The predicted molar refractivity (Wildman–Crippen MR) is 83.8 cm³/mol. The van der Waals surface area contributed by atoms with Gasteiger partial charge in [0, 0.05) is 0 Å². The average molecular weight is 387 g/mol. The van der Waals surface area contributed by atoms with Crippen molar-refractivity contribution in [3.63, 3.8) is 0 Å². The molecule has 1 aromatic heterocycles. The molecule has 0 atom stereocenters. The number of rotatable bonds is 7.